The van der Waals surface area contributed by atoms with Gasteiger partial charge in [0.1, 0.15) is 5.69 Å². The van der Waals surface area contributed by atoms with E-state index in [2.05, 4.69) is 20.5 Å². The molecule has 0 saturated carbocycles. The van der Waals surface area contributed by atoms with Gasteiger partial charge in [-0.05, 0) is 13.3 Å². The van der Waals surface area contributed by atoms with Gasteiger partial charge >= 0.3 is 0 Å². The molecule has 0 unspecified atom stereocenters. The maximum absolute atomic E-state index is 11.1. The number of H-pyrrole nitrogens is 1. The number of ether oxygens (including phenoxy) is 1. The summed E-state index contributed by atoms with van der Waals surface area (Å²) in [5, 5.41) is 10.4. The standard InChI is InChI=1S/C8H14N4O2/c1-6-7(13)10-8(12-11-6)9-4-3-5-14-2/h3-5H2,1-2H3,(H2,9,10,12,13). The largest absolute Gasteiger partial charge is 0.385 e. The number of hydrogen-bond donors (Lipinski definition) is 2. The molecule has 0 radical (unpaired) electrons. The van der Waals surface area contributed by atoms with Gasteiger partial charge in [0.15, 0.2) is 0 Å². The van der Waals surface area contributed by atoms with Gasteiger partial charge in [-0.2, -0.15) is 0 Å². The molecule has 6 nitrogen and oxygen atoms in total. The fraction of sp³-hybridized carbons (Fsp3) is 0.625. The molecule has 78 valence electrons. The minimum atomic E-state index is -0.214. The summed E-state index contributed by atoms with van der Waals surface area (Å²) < 4.78 is 4.87. The van der Waals surface area contributed by atoms with Crippen molar-refractivity contribution in [1.82, 2.24) is 15.2 Å². The van der Waals surface area contributed by atoms with Crippen LogP contribution in [0.25, 0.3) is 0 Å². The Hall–Kier alpha value is -1.43. The third-order valence-corrected chi connectivity index (χ3v) is 1.68. The number of methoxy groups -OCH3 is 1. The molecule has 0 aliphatic rings. The summed E-state index contributed by atoms with van der Waals surface area (Å²) in [6.07, 6.45) is 0.855. The Morgan fingerprint density at radius 3 is 2.93 bits per heavy atom. The lowest BCUT2D eigenvalue weighted by molar-refractivity contribution is 0.197. The first-order valence-electron chi connectivity index (χ1n) is 4.40. The van der Waals surface area contributed by atoms with Crippen LogP contribution in [0.15, 0.2) is 4.79 Å². The summed E-state index contributed by atoms with van der Waals surface area (Å²) in [5.74, 6) is 0.400. The zero-order chi connectivity index (χ0) is 10.4. The predicted octanol–water partition coefficient (Wildman–Crippen LogP) is -0.0783. The average molecular weight is 198 g/mol. The second-order valence-electron chi connectivity index (χ2n) is 2.86. The van der Waals surface area contributed by atoms with E-state index in [1.165, 1.54) is 0 Å². The molecule has 0 aliphatic carbocycles. The molecule has 0 atom stereocenters. The number of nitrogens with one attached hydrogen (secondary N) is 2. The van der Waals surface area contributed by atoms with Crippen molar-refractivity contribution in [1.29, 1.82) is 0 Å². The Balaban J connectivity index is 2.44. The molecule has 0 aliphatic heterocycles. The Kier molecular flexibility index (Phi) is 4.06. The van der Waals surface area contributed by atoms with Crippen molar-refractivity contribution in [3.63, 3.8) is 0 Å². The fourth-order valence-electron chi connectivity index (χ4n) is 0.896. The maximum Gasteiger partial charge on any atom is 0.273 e. The number of aromatic nitrogens is 3. The SMILES string of the molecule is COCCCNc1nnc(C)c(=O)[nH]1. The molecule has 0 aromatic carbocycles. The van der Waals surface area contributed by atoms with Gasteiger partial charge in [0.25, 0.3) is 5.56 Å². The predicted molar refractivity (Wildman–Crippen MR) is 52.4 cm³/mol. The normalized spacial score (nSPS) is 10.1. The molecule has 14 heavy (non-hydrogen) atoms. The minimum absolute atomic E-state index is 0.214. The quantitative estimate of drug-likeness (QED) is 0.647. The van der Waals surface area contributed by atoms with E-state index in [1.807, 2.05) is 0 Å². The van der Waals surface area contributed by atoms with Crippen LogP contribution in [-0.2, 0) is 4.74 Å². The van der Waals surface area contributed by atoms with Crippen molar-refractivity contribution < 1.29 is 4.74 Å². The van der Waals surface area contributed by atoms with E-state index < -0.39 is 0 Å². The summed E-state index contributed by atoms with van der Waals surface area (Å²) >= 11 is 0. The molecule has 6 heteroatoms. The summed E-state index contributed by atoms with van der Waals surface area (Å²) in [6, 6.07) is 0. The highest BCUT2D eigenvalue weighted by Crippen LogP contribution is 1.91. The Bertz CT molecular complexity index is 336. The van der Waals surface area contributed by atoms with Crippen LogP contribution in [0.4, 0.5) is 5.95 Å². The van der Waals surface area contributed by atoms with Crippen LogP contribution in [0.5, 0.6) is 0 Å². The van der Waals surface area contributed by atoms with Gasteiger partial charge < -0.3 is 10.1 Å². The number of aryl methyl sites for hydroxylation is 1. The molecule has 0 saturated heterocycles. The first-order chi connectivity index (χ1) is 6.74. The lowest BCUT2D eigenvalue weighted by atomic mass is 10.4. The molecule has 1 aromatic heterocycles. The van der Waals surface area contributed by atoms with Crippen LogP contribution in [0.2, 0.25) is 0 Å². The second kappa shape index (κ2) is 5.33. The summed E-state index contributed by atoms with van der Waals surface area (Å²) in [5.41, 5.74) is 0.154. The first-order valence-corrected chi connectivity index (χ1v) is 4.40. The van der Waals surface area contributed by atoms with E-state index in [0.29, 0.717) is 24.8 Å². The molecular weight excluding hydrogens is 184 g/mol. The van der Waals surface area contributed by atoms with Crippen molar-refractivity contribution in [2.24, 2.45) is 0 Å². The second-order valence-corrected chi connectivity index (χ2v) is 2.86. The van der Waals surface area contributed by atoms with Crippen molar-refractivity contribution in [3.8, 4) is 0 Å². The molecule has 0 spiro atoms. The summed E-state index contributed by atoms with van der Waals surface area (Å²) in [7, 11) is 1.65. The Morgan fingerprint density at radius 1 is 1.50 bits per heavy atom. The molecule has 2 N–H and O–H groups in total. The van der Waals surface area contributed by atoms with Gasteiger partial charge in [-0.1, -0.05) is 0 Å². The van der Waals surface area contributed by atoms with E-state index in [0.717, 1.165) is 6.42 Å². The van der Waals surface area contributed by atoms with E-state index in [1.54, 1.807) is 14.0 Å². The number of anilines is 1. The number of rotatable bonds is 5. The van der Waals surface area contributed by atoms with E-state index in [9.17, 15) is 4.79 Å². The van der Waals surface area contributed by atoms with Gasteiger partial charge in [0.05, 0.1) is 0 Å². The van der Waals surface area contributed by atoms with Gasteiger partial charge in [-0.3, -0.25) is 9.78 Å². The van der Waals surface area contributed by atoms with E-state index >= 15 is 0 Å². The fourth-order valence-corrected chi connectivity index (χ4v) is 0.896. The van der Waals surface area contributed by atoms with Crippen molar-refractivity contribution in [2.75, 3.05) is 25.6 Å². The van der Waals surface area contributed by atoms with Crippen LogP contribution in [0, 0.1) is 6.92 Å². The first kappa shape index (κ1) is 10.6. The molecule has 0 bridgehead atoms. The minimum Gasteiger partial charge on any atom is -0.385 e. The van der Waals surface area contributed by atoms with Crippen LogP contribution in [0.1, 0.15) is 12.1 Å². The van der Waals surface area contributed by atoms with Gasteiger partial charge in [-0.25, -0.2) is 0 Å². The molecular formula is C8H14N4O2. The zero-order valence-corrected chi connectivity index (χ0v) is 8.33. The van der Waals surface area contributed by atoms with Crippen LogP contribution < -0.4 is 10.9 Å². The van der Waals surface area contributed by atoms with Crippen molar-refractivity contribution in [2.45, 2.75) is 13.3 Å². The zero-order valence-electron chi connectivity index (χ0n) is 8.33. The van der Waals surface area contributed by atoms with E-state index in [-0.39, 0.29) is 5.56 Å². The average Bonchev–Trinajstić information content (AvgIpc) is 2.18. The third kappa shape index (κ3) is 3.14. The summed E-state index contributed by atoms with van der Waals surface area (Å²) in [6.45, 7) is 2.98. The number of aromatic amines is 1. The molecule has 1 aromatic rings. The number of hydrogen-bond acceptors (Lipinski definition) is 5. The molecule has 0 fully saturated rings. The highest BCUT2D eigenvalue weighted by molar-refractivity contribution is 5.20. The van der Waals surface area contributed by atoms with Gasteiger partial charge in [-0.15, -0.1) is 10.2 Å². The van der Waals surface area contributed by atoms with Gasteiger partial charge in [0.2, 0.25) is 5.95 Å². The topological polar surface area (TPSA) is 79.9 Å². The molecule has 1 rings (SSSR count). The van der Waals surface area contributed by atoms with E-state index in [4.69, 9.17) is 4.74 Å². The number of nitrogens with zero attached hydrogens (tertiary/aromatic N) is 2. The molecule has 1 heterocycles. The van der Waals surface area contributed by atoms with Crippen molar-refractivity contribution >= 4 is 5.95 Å². The third-order valence-electron chi connectivity index (χ3n) is 1.68. The highest BCUT2D eigenvalue weighted by Gasteiger charge is 1.98. The monoisotopic (exact) mass is 198 g/mol. The molecule has 0 amide bonds. The Morgan fingerprint density at radius 2 is 2.29 bits per heavy atom. The van der Waals surface area contributed by atoms with Crippen molar-refractivity contribution in [3.05, 3.63) is 16.0 Å². The highest BCUT2D eigenvalue weighted by atomic mass is 16.5. The van der Waals surface area contributed by atoms with Crippen LogP contribution >= 0.6 is 0 Å². The lowest BCUT2D eigenvalue weighted by Crippen LogP contribution is -2.17. The maximum atomic E-state index is 11.1. The van der Waals surface area contributed by atoms with Gasteiger partial charge in [0, 0.05) is 20.3 Å². The van der Waals surface area contributed by atoms with Crippen LogP contribution in [-0.4, -0.2) is 35.4 Å². The lowest BCUT2D eigenvalue weighted by Gasteiger charge is -2.03. The smallest absolute Gasteiger partial charge is 0.273 e. The summed E-state index contributed by atoms with van der Waals surface area (Å²) in [4.78, 5) is 13.7. The Labute approximate surface area is 81.7 Å². The van der Waals surface area contributed by atoms with Crippen LogP contribution in [0.3, 0.4) is 0 Å².